The van der Waals surface area contributed by atoms with E-state index in [0.29, 0.717) is 6.42 Å². The number of nitrogens with zero attached hydrogens (tertiary/aromatic N) is 3. The molecule has 0 aliphatic carbocycles. The lowest BCUT2D eigenvalue weighted by Gasteiger charge is -2.26. The van der Waals surface area contributed by atoms with Crippen LogP contribution in [0.3, 0.4) is 0 Å². The van der Waals surface area contributed by atoms with Gasteiger partial charge in [0, 0.05) is 71.8 Å². The fourth-order valence-electron chi connectivity index (χ4n) is 4.06. The fourth-order valence-corrected chi connectivity index (χ4v) is 8.51. The van der Waals surface area contributed by atoms with Gasteiger partial charge in [-0.3, -0.25) is 4.79 Å². The summed E-state index contributed by atoms with van der Waals surface area (Å²) in [6, 6.07) is 0.814. The van der Waals surface area contributed by atoms with E-state index in [1.54, 1.807) is 35.2 Å². The van der Waals surface area contributed by atoms with Gasteiger partial charge in [0.05, 0.1) is 19.1 Å². The Bertz CT molecular complexity index is 1430. The molecular weight excluding hydrogens is 791 g/mol. The summed E-state index contributed by atoms with van der Waals surface area (Å²) >= 11 is 0. The van der Waals surface area contributed by atoms with Crippen LogP contribution in [-0.2, 0) is 67.4 Å². The van der Waals surface area contributed by atoms with E-state index in [2.05, 4.69) is 26.3 Å². The molecule has 0 aromatic carbocycles. The Morgan fingerprint density at radius 3 is 1.54 bits per heavy atom. The lowest BCUT2D eigenvalue weighted by atomic mass is 10.2. The minimum atomic E-state index is -4.12. The van der Waals surface area contributed by atoms with Gasteiger partial charge in [-0.1, -0.05) is 33.9 Å². The summed E-state index contributed by atoms with van der Waals surface area (Å²) in [4.78, 5) is 98.8. The van der Waals surface area contributed by atoms with Gasteiger partial charge in [-0.25, -0.2) is 37.7 Å². The molecule has 0 aliphatic rings. The van der Waals surface area contributed by atoms with Gasteiger partial charge in [-0.05, 0) is 39.2 Å². The topological polar surface area (TPSA) is 243 Å². The molecule has 0 fully saturated rings. The molecule has 1 aromatic rings. The SMILES string of the molecule is C=C.C=C(C)C(=O)OCCCC(C[SiH](O)COC(=O)C(=C)C)O[Si](O)(O)CCCOC(=O)C(C)C.CC[Si](OC)(OC)OC.Cn1c(=O)n(C)c(=O)n(C)c1=O. The first kappa shape index (κ1) is 56.7. The summed E-state index contributed by atoms with van der Waals surface area (Å²) in [5.74, 6) is -1.80. The van der Waals surface area contributed by atoms with Crippen LogP contribution in [0.15, 0.2) is 51.8 Å². The Labute approximate surface area is 333 Å². The number of hydrogen-bond donors (Lipinski definition) is 3. The molecule has 0 amide bonds. The summed E-state index contributed by atoms with van der Waals surface area (Å²) < 4.78 is 38.4. The van der Waals surface area contributed by atoms with Crippen molar-refractivity contribution >= 4 is 44.6 Å². The number of carbonyl (C=O) groups is 3. The predicted octanol–water partition coefficient (Wildman–Crippen LogP) is 0.628. The molecule has 19 nitrogen and oxygen atoms in total. The minimum Gasteiger partial charge on any atom is -0.465 e. The third kappa shape index (κ3) is 22.8. The Morgan fingerprint density at radius 1 is 0.768 bits per heavy atom. The summed E-state index contributed by atoms with van der Waals surface area (Å²) in [5.41, 5.74) is -1.35. The van der Waals surface area contributed by atoms with E-state index in [1.807, 2.05) is 6.92 Å². The van der Waals surface area contributed by atoms with Gasteiger partial charge < -0.3 is 46.3 Å². The average molecular weight is 856 g/mol. The van der Waals surface area contributed by atoms with Gasteiger partial charge in [0.1, 0.15) is 6.23 Å². The maximum absolute atomic E-state index is 11.5. The van der Waals surface area contributed by atoms with Crippen LogP contribution in [0.25, 0.3) is 0 Å². The van der Waals surface area contributed by atoms with Crippen molar-refractivity contribution in [1.82, 2.24) is 13.7 Å². The number of aromatic nitrogens is 3. The van der Waals surface area contributed by atoms with Crippen LogP contribution in [0.4, 0.5) is 0 Å². The summed E-state index contributed by atoms with van der Waals surface area (Å²) in [5, 5.41) is 0. The van der Waals surface area contributed by atoms with Crippen LogP contribution in [0, 0.1) is 5.92 Å². The maximum atomic E-state index is 11.5. The summed E-state index contributed by atoms with van der Waals surface area (Å²) in [7, 11) is -0.0913. The van der Waals surface area contributed by atoms with Gasteiger partial charge in [-0.2, -0.15) is 0 Å². The van der Waals surface area contributed by atoms with Crippen molar-refractivity contribution in [2.24, 2.45) is 27.1 Å². The molecule has 2 atom stereocenters. The molecule has 3 N–H and O–H groups in total. The van der Waals surface area contributed by atoms with Crippen molar-refractivity contribution in [2.45, 2.75) is 78.1 Å². The van der Waals surface area contributed by atoms with E-state index in [1.165, 1.54) is 35.0 Å². The molecule has 324 valence electrons. The van der Waals surface area contributed by atoms with E-state index >= 15 is 0 Å². The Kier molecular flexibility index (Phi) is 30.0. The third-order valence-corrected chi connectivity index (χ3v) is 13.4. The monoisotopic (exact) mass is 855 g/mol. The third-order valence-electron chi connectivity index (χ3n) is 7.35. The highest BCUT2D eigenvalue weighted by molar-refractivity contribution is 6.60. The molecular formula is C34H65N3O16Si3. The highest BCUT2D eigenvalue weighted by atomic mass is 28.4. The first-order valence-corrected chi connectivity index (χ1v) is 23.7. The molecule has 0 saturated carbocycles. The van der Waals surface area contributed by atoms with E-state index < -0.39 is 61.8 Å². The predicted molar refractivity (Wildman–Crippen MR) is 216 cm³/mol. The van der Waals surface area contributed by atoms with E-state index in [9.17, 15) is 43.2 Å². The zero-order chi connectivity index (χ0) is 44.4. The van der Waals surface area contributed by atoms with E-state index in [-0.39, 0.29) is 67.4 Å². The zero-order valence-electron chi connectivity index (χ0n) is 34.9. The van der Waals surface area contributed by atoms with E-state index in [0.717, 1.165) is 19.7 Å². The fraction of sp³-hybridized carbons (Fsp3) is 0.647. The highest BCUT2D eigenvalue weighted by Gasteiger charge is 2.36. The van der Waals surface area contributed by atoms with Crippen molar-refractivity contribution in [3.63, 3.8) is 0 Å². The van der Waals surface area contributed by atoms with E-state index in [4.69, 9.17) is 31.9 Å². The van der Waals surface area contributed by atoms with Crippen molar-refractivity contribution in [3.05, 3.63) is 68.9 Å². The van der Waals surface area contributed by atoms with Crippen molar-refractivity contribution < 1.29 is 60.7 Å². The number of carbonyl (C=O) groups excluding carboxylic acids is 3. The number of hydrogen-bond acceptors (Lipinski definition) is 16. The normalized spacial score (nSPS) is 12.0. The molecule has 0 radical (unpaired) electrons. The van der Waals surface area contributed by atoms with Crippen LogP contribution in [0.5, 0.6) is 0 Å². The standard InChI is InChI=1S/C21H38O10Si2.C6H9N3O3.C5H14O3Si.C2H4/c1-15(2)19(22)28-10-7-9-18(13-32(25)14-30-21(24)17(5)6)31-33(26,27)12-8-11-29-20(23)16(3)4;1-7-4(10)8(2)6(12)9(3)5(7)11;1-5-9(6-2,7-3)8-4;1-2/h16,18,25-27,32H,1,5,7-14H2,2-4,6H3;1-3H3;5H2,1-4H3;1-2H2. The van der Waals surface area contributed by atoms with Crippen LogP contribution in [-0.4, -0.2) is 120 Å². The van der Waals surface area contributed by atoms with Gasteiger partial charge in [0.15, 0.2) is 0 Å². The van der Waals surface area contributed by atoms with Gasteiger partial charge in [-0.15, -0.1) is 13.2 Å². The lowest BCUT2D eigenvalue weighted by Crippen LogP contribution is -2.51. The molecule has 56 heavy (non-hydrogen) atoms. The minimum absolute atomic E-state index is 0.0337. The molecule has 1 rings (SSSR count). The molecule has 2 unspecified atom stereocenters. The summed E-state index contributed by atoms with van der Waals surface area (Å²) in [6.07, 6.45) is -0.0741. The molecule has 1 heterocycles. The number of esters is 3. The Balaban J connectivity index is -0.000000982. The second-order valence-electron chi connectivity index (χ2n) is 12.4. The molecule has 1 aromatic heterocycles. The average Bonchev–Trinajstić information content (AvgIpc) is 3.16. The molecule has 0 saturated heterocycles. The number of rotatable bonds is 21. The Hall–Kier alpha value is -3.59. The zero-order valence-corrected chi connectivity index (χ0v) is 38.1. The lowest BCUT2D eigenvalue weighted by molar-refractivity contribution is -0.147. The first-order valence-electron chi connectivity index (χ1n) is 17.6. The molecule has 22 heteroatoms. The van der Waals surface area contributed by atoms with Crippen molar-refractivity contribution in [3.8, 4) is 0 Å². The second-order valence-corrected chi connectivity index (χ2v) is 20.0. The summed E-state index contributed by atoms with van der Waals surface area (Å²) in [6.45, 7) is 21.5. The van der Waals surface area contributed by atoms with Crippen molar-refractivity contribution in [2.75, 3.05) is 40.8 Å². The molecule has 0 spiro atoms. The number of ether oxygens (including phenoxy) is 3. The Morgan fingerprint density at radius 2 is 1.18 bits per heavy atom. The van der Waals surface area contributed by atoms with Crippen molar-refractivity contribution in [1.29, 1.82) is 0 Å². The van der Waals surface area contributed by atoms with Gasteiger partial charge in [0.25, 0.3) is 0 Å². The second kappa shape index (κ2) is 29.6. The molecule has 0 aliphatic heterocycles. The van der Waals surface area contributed by atoms with Crippen LogP contribution >= 0.6 is 0 Å². The van der Waals surface area contributed by atoms with Crippen LogP contribution in [0.1, 0.15) is 53.9 Å². The molecule has 0 bridgehead atoms. The quantitative estimate of drug-likeness (QED) is 0.0384. The van der Waals surface area contributed by atoms with Crippen LogP contribution in [0.2, 0.25) is 18.1 Å². The smallest absolute Gasteiger partial charge is 0.465 e. The van der Waals surface area contributed by atoms with Crippen LogP contribution < -0.4 is 17.1 Å². The largest absolute Gasteiger partial charge is 0.499 e. The maximum Gasteiger partial charge on any atom is 0.499 e. The van der Waals surface area contributed by atoms with Gasteiger partial charge in [0.2, 0.25) is 9.04 Å². The van der Waals surface area contributed by atoms with Gasteiger partial charge >= 0.3 is 52.6 Å². The highest BCUT2D eigenvalue weighted by Crippen LogP contribution is 2.18. The first-order chi connectivity index (χ1) is 26.0.